The van der Waals surface area contributed by atoms with Crippen molar-refractivity contribution in [3.05, 3.63) is 60.0 Å². The summed E-state index contributed by atoms with van der Waals surface area (Å²) in [5, 5.41) is 15.8. The maximum Gasteiger partial charge on any atom is 0.138 e. The summed E-state index contributed by atoms with van der Waals surface area (Å²) in [6.07, 6.45) is 9.84. The highest BCUT2D eigenvalue weighted by Gasteiger charge is 2.25. The Morgan fingerprint density at radius 3 is 2.66 bits per heavy atom. The van der Waals surface area contributed by atoms with Gasteiger partial charge in [-0.05, 0) is 80.6 Å². The molecule has 3 aromatic heterocycles. The Morgan fingerprint density at radius 1 is 1.03 bits per heavy atom. The van der Waals surface area contributed by atoms with Crippen molar-refractivity contribution in [2.75, 3.05) is 18.4 Å². The van der Waals surface area contributed by atoms with Crippen LogP contribution in [-0.4, -0.2) is 34.1 Å². The van der Waals surface area contributed by atoms with Crippen molar-refractivity contribution in [1.29, 1.82) is 5.26 Å². The van der Waals surface area contributed by atoms with Crippen LogP contribution in [0.3, 0.4) is 0 Å². The van der Waals surface area contributed by atoms with E-state index in [9.17, 15) is 0 Å². The van der Waals surface area contributed by atoms with Crippen molar-refractivity contribution in [1.82, 2.24) is 20.3 Å². The number of anilines is 2. The summed E-state index contributed by atoms with van der Waals surface area (Å²) in [6.45, 7) is 1.97. The van der Waals surface area contributed by atoms with Crippen LogP contribution in [0, 0.1) is 11.3 Å². The number of nitriles is 1. The van der Waals surface area contributed by atoms with Gasteiger partial charge in [-0.3, -0.25) is 4.98 Å². The molecule has 2 fully saturated rings. The van der Waals surface area contributed by atoms with Gasteiger partial charge in [-0.2, -0.15) is 5.26 Å². The van der Waals surface area contributed by atoms with Gasteiger partial charge in [-0.25, -0.2) is 9.97 Å². The van der Waals surface area contributed by atoms with E-state index in [0.717, 1.165) is 42.9 Å². The highest BCUT2D eigenvalue weighted by Crippen LogP contribution is 2.42. The SMILES string of the molecule is Cl.N#Cc1ccnc(Nc2cc(C3CC3)cc(-c3cncc(OC4CCNCC4)c3)n2)c1. The molecule has 5 rings (SSSR count). The van der Waals surface area contributed by atoms with E-state index in [1.807, 2.05) is 12.3 Å². The molecule has 3 aromatic rings. The molecule has 2 aliphatic rings. The average Bonchev–Trinajstić information content (AvgIpc) is 3.66. The van der Waals surface area contributed by atoms with Crippen molar-refractivity contribution < 1.29 is 4.74 Å². The number of nitrogens with one attached hydrogen (secondary N) is 2. The van der Waals surface area contributed by atoms with Crippen LogP contribution in [0.15, 0.2) is 48.9 Å². The van der Waals surface area contributed by atoms with Crippen LogP contribution in [0.25, 0.3) is 11.3 Å². The zero-order valence-corrected chi connectivity index (χ0v) is 18.4. The van der Waals surface area contributed by atoms with E-state index in [2.05, 4.69) is 38.8 Å². The fraction of sp³-hybridized carbons (Fsp3) is 0.333. The van der Waals surface area contributed by atoms with E-state index in [1.165, 1.54) is 18.4 Å². The number of ether oxygens (including phenoxy) is 1. The summed E-state index contributed by atoms with van der Waals surface area (Å²) in [5.74, 6) is 2.67. The number of hydrogen-bond donors (Lipinski definition) is 2. The molecule has 164 valence electrons. The van der Waals surface area contributed by atoms with Gasteiger partial charge in [0.05, 0.1) is 23.5 Å². The molecule has 0 spiro atoms. The van der Waals surface area contributed by atoms with E-state index in [4.69, 9.17) is 15.0 Å². The Hall–Kier alpha value is -3.21. The number of piperidine rings is 1. The third-order valence-corrected chi connectivity index (χ3v) is 5.64. The second kappa shape index (κ2) is 9.94. The second-order valence-corrected chi connectivity index (χ2v) is 8.09. The smallest absolute Gasteiger partial charge is 0.138 e. The highest BCUT2D eigenvalue weighted by atomic mass is 35.5. The molecule has 7 nitrogen and oxygen atoms in total. The molecule has 0 atom stereocenters. The van der Waals surface area contributed by atoms with Gasteiger partial charge in [0.25, 0.3) is 0 Å². The number of nitrogens with zero attached hydrogens (tertiary/aromatic N) is 4. The van der Waals surface area contributed by atoms with Gasteiger partial charge in [-0.1, -0.05) is 0 Å². The van der Waals surface area contributed by atoms with Crippen LogP contribution in [0.4, 0.5) is 11.6 Å². The van der Waals surface area contributed by atoms with Gasteiger partial charge in [-0.15, -0.1) is 12.4 Å². The number of rotatable bonds is 6. The Morgan fingerprint density at radius 2 is 1.88 bits per heavy atom. The lowest BCUT2D eigenvalue weighted by Crippen LogP contribution is -2.34. The molecule has 1 saturated heterocycles. The molecule has 1 saturated carbocycles. The summed E-state index contributed by atoms with van der Waals surface area (Å²) >= 11 is 0. The molecule has 32 heavy (non-hydrogen) atoms. The predicted octanol–water partition coefficient (Wildman–Crippen LogP) is 4.58. The molecule has 0 radical (unpaired) electrons. The molecule has 0 aromatic carbocycles. The van der Waals surface area contributed by atoms with Gasteiger partial charge in [0.1, 0.15) is 23.5 Å². The molecule has 0 unspecified atom stereocenters. The van der Waals surface area contributed by atoms with Crippen LogP contribution in [-0.2, 0) is 0 Å². The first-order valence-electron chi connectivity index (χ1n) is 10.7. The van der Waals surface area contributed by atoms with E-state index in [0.29, 0.717) is 23.1 Å². The summed E-state index contributed by atoms with van der Waals surface area (Å²) in [5.41, 5.74) is 3.60. The second-order valence-electron chi connectivity index (χ2n) is 8.09. The Labute approximate surface area is 193 Å². The molecule has 0 bridgehead atoms. The van der Waals surface area contributed by atoms with Crippen LogP contribution < -0.4 is 15.4 Å². The predicted molar refractivity (Wildman–Crippen MR) is 125 cm³/mol. The average molecular weight is 449 g/mol. The van der Waals surface area contributed by atoms with Crippen LogP contribution in [0.1, 0.15) is 42.7 Å². The van der Waals surface area contributed by atoms with Crippen LogP contribution in [0.2, 0.25) is 0 Å². The van der Waals surface area contributed by atoms with Gasteiger partial charge >= 0.3 is 0 Å². The fourth-order valence-electron chi connectivity index (χ4n) is 3.84. The molecule has 2 N–H and O–H groups in total. The fourth-order valence-corrected chi connectivity index (χ4v) is 3.84. The van der Waals surface area contributed by atoms with E-state index in [-0.39, 0.29) is 18.5 Å². The van der Waals surface area contributed by atoms with Crippen LogP contribution >= 0.6 is 12.4 Å². The molecular weight excluding hydrogens is 424 g/mol. The monoisotopic (exact) mass is 448 g/mol. The number of halogens is 1. The van der Waals surface area contributed by atoms with Crippen molar-refractivity contribution >= 4 is 24.0 Å². The minimum absolute atomic E-state index is 0. The first kappa shape index (κ1) is 22.0. The number of pyridine rings is 3. The lowest BCUT2D eigenvalue weighted by molar-refractivity contribution is 0.162. The summed E-state index contributed by atoms with van der Waals surface area (Å²) in [4.78, 5) is 13.5. The molecule has 0 amide bonds. The van der Waals surface area contributed by atoms with Crippen LogP contribution in [0.5, 0.6) is 5.75 Å². The molecule has 4 heterocycles. The summed E-state index contributed by atoms with van der Waals surface area (Å²) < 4.78 is 6.17. The van der Waals surface area contributed by atoms with E-state index in [1.54, 1.807) is 24.5 Å². The van der Waals surface area contributed by atoms with E-state index < -0.39 is 0 Å². The van der Waals surface area contributed by atoms with Gasteiger partial charge in [0.15, 0.2) is 0 Å². The molecule has 1 aliphatic carbocycles. The lowest BCUT2D eigenvalue weighted by atomic mass is 10.1. The van der Waals surface area contributed by atoms with E-state index >= 15 is 0 Å². The molecular formula is C24H25ClN6O. The summed E-state index contributed by atoms with van der Waals surface area (Å²) in [7, 11) is 0. The topological polar surface area (TPSA) is 95.8 Å². The standard InChI is InChI=1S/C24H24N6O.ClH/c25-13-16-3-8-28-23(9-16)30-24-12-18(17-1-2-17)11-22(29-24)19-10-21(15-27-14-19)31-20-4-6-26-7-5-20;/h3,8-12,14-15,17,20,26H,1-2,4-7H2,(H,28,29,30);1H. The zero-order chi connectivity index (χ0) is 21.0. The Kier molecular flexibility index (Phi) is 6.84. The Bertz CT molecular complexity index is 1120. The molecule has 8 heteroatoms. The third-order valence-electron chi connectivity index (χ3n) is 5.64. The van der Waals surface area contributed by atoms with Crippen molar-refractivity contribution in [3.8, 4) is 23.1 Å². The quantitative estimate of drug-likeness (QED) is 0.569. The minimum atomic E-state index is 0. The van der Waals surface area contributed by atoms with Gasteiger partial charge in [0, 0.05) is 18.0 Å². The Balaban J connectivity index is 0.00000245. The number of aromatic nitrogens is 3. The summed E-state index contributed by atoms with van der Waals surface area (Å²) in [6, 6.07) is 11.8. The first-order valence-corrected chi connectivity index (χ1v) is 10.7. The van der Waals surface area contributed by atoms with Crippen molar-refractivity contribution in [2.45, 2.75) is 37.7 Å². The first-order chi connectivity index (χ1) is 15.3. The maximum absolute atomic E-state index is 9.15. The lowest BCUT2D eigenvalue weighted by Gasteiger charge is -2.23. The van der Waals surface area contributed by atoms with Gasteiger partial charge in [0.2, 0.25) is 0 Å². The maximum atomic E-state index is 9.15. The van der Waals surface area contributed by atoms with Crippen molar-refractivity contribution in [3.63, 3.8) is 0 Å². The zero-order valence-electron chi connectivity index (χ0n) is 17.6. The minimum Gasteiger partial charge on any atom is -0.489 e. The largest absolute Gasteiger partial charge is 0.489 e. The third kappa shape index (κ3) is 5.34. The van der Waals surface area contributed by atoms with Crippen molar-refractivity contribution in [2.24, 2.45) is 0 Å². The highest BCUT2D eigenvalue weighted by molar-refractivity contribution is 5.85. The number of hydrogen-bond acceptors (Lipinski definition) is 7. The van der Waals surface area contributed by atoms with Gasteiger partial charge < -0.3 is 15.4 Å². The normalized spacial score (nSPS) is 16.0. The molecule has 1 aliphatic heterocycles.